The second-order valence-electron chi connectivity index (χ2n) is 6.96. The van der Waals surface area contributed by atoms with Crippen molar-refractivity contribution in [2.24, 2.45) is 5.73 Å². The SMILES string of the molecule is CC(C)c1ccc(C(N)CNC(=O)c2cn(-c3cccc([N+](=O)[O-])c3)nn2)cc1. The average Bonchev–Trinajstić information content (AvgIpc) is 3.22. The van der Waals surface area contributed by atoms with Gasteiger partial charge in [-0.25, -0.2) is 4.68 Å². The largest absolute Gasteiger partial charge is 0.349 e. The summed E-state index contributed by atoms with van der Waals surface area (Å²) in [7, 11) is 0. The van der Waals surface area contributed by atoms with E-state index >= 15 is 0 Å². The molecule has 0 saturated heterocycles. The summed E-state index contributed by atoms with van der Waals surface area (Å²) in [5.41, 5.74) is 8.78. The molecule has 2 aromatic carbocycles. The summed E-state index contributed by atoms with van der Waals surface area (Å²) in [6.45, 7) is 4.48. The Hall–Kier alpha value is -3.59. The van der Waals surface area contributed by atoms with Gasteiger partial charge >= 0.3 is 0 Å². The van der Waals surface area contributed by atoms with Crippen molar-refractivity contribution in [2.75, 3.05) is 6.54 Å². The molecule has 3 aromatic rings. The molecule has 0 saturated carbocycles. The van der Waals surface area contributed by atoms with E-state index in [4.69, 9.17) is 5.73 Å². The molecule has 0 aliphatic heterocycles. The zero-order chi connectivity index (χ0) is 21.0. The second-order valence-corrected chi connectivity index (χ2v) is 6.96. The smallest absolute Gasteiger partial charge is 0.273 e. The van der Waals surface area contributed by atoms with Gasteiger partial charge in [0, 0.05) is 24.7 Å². The van der Waals surface area contributed by atoms with Crippen LogP contribution in [0.5, 0.6) is 0 Å². The Labute approximate surface area is 167 Å². The normalized spacial score (nSPS) is 12.0. The van der Waals surface area contributed by atoms with Crippen LogP contribution in [0.1, 0.15) is 47.4 Å². The molecule has 0 fully saturated rings. The molecule has 3 rings (SSSR count). The molecule has 150 valence electrons. The Morgan fingerprint density at radius 3 is 2.55 bits per heavy atom. The lowest BCUT2D eigenvalue weighted by Crippen LogP contribution is -2.32. The van der Waals surface area contributed by atoms with Gasteiger partial charge in [0.05, 0.1) is 16.8 Å². The van der Waals surface area contributed by atoms with Gasteiger partial charge < -0.3 is 11.1 Å². The third-order valence-corrected chi connectivity index (χ3v) is 4.54. The van der Waals surface area contributed by atoms with E-state index in [1.54, 1.807) is 12.1 Å². The zero-order valence-corrected chi connectivity index (χ0v) is 16.1. The van der Waals surface area contributed by atoms with Crippen LogP contribution in [-0.2, 0) is 0 Å². The number of nitro groups is 1. The van der Waals surface area contributed by atoms with E-state index in [1.165, 1.54) is 28.6 Å². The van der Waals surface area contributed by atoms with E-state index in [2.05, 4.69) is 29.5 Å². The number of aromatic nitrogens is 3. The summed E-state index contributed by atoms with van der Waals surface area (Å²) in [6.07, 6.45) is 1.41. The van der Waals surface area contributed by atoms with Crippen molar-refractivity contribution in [3.8, 4) is 5.69 Å². The maximum Gasteiger partial charge on any atom is 0.273 e. The molecular formula is C20H22N6O3. The molecule has 0 radical (unpaired) electrons. The van der Waals surface area contributed by atoms with Crippen molar-refractivity contribution < 1.29 is 9.72 Å². The number of hydrogen-bond acceptors (Lipinski definition) is 6. The molecule has 9 heteroatoms. The number of rotatable bonds is 7. The van der Waals surface area contributed by atoms with Crippen molar-refractivity contribution in [2.45, 2.75) is 25.8 Å². The lowest BCUT2D eigenvalue weighted by molar-refractivity contribution is -0.384. The number of nitrogens with one attached hydrogen (secondary N) is 1. The number of carbonyl (C=O) groups is 1. The molecule has 1 aromatic heterocycles. The zero-order valence-electron chi connectivity index (χ0n) is 16.1. The first-order valence-corrected chi connectivity index (χ1v) is 9.16. The van der Waals surface area contributed by atoms with Crippen LogP contribution in [0.4, 0.5) is 5.69 Å². The van der Waals surface area contributed by atoms with Crippen LogP contribution in [0.15, 0.2) is 54.7 Å². The van der Waals surface area contributed by atoms with Crippen molar-refractivity contribution in [3.05, 3.63) is 81.7 Å². The summed E-state index contributed by atoms with van der Waals surface area (Å²) in [6, 6.07) is 13.6. The summed E-state index contributed by atoms with van der Waals surface area (Å²) in [5, 5.41) is 21.4. The predicted molar refractivity (Wildman–Crippen MR) is 108 cm³/mol. The minimum absolute atomic E-state index is 0.0709. The van der Waals surface area contributed by atoms with Crippen LogP contribution < -0.4 is 11.1 Å². The van der Waals surface area contributed by atoms with Crippen LogP contribution in [0.25, 0.3) is 5.69 Å². The van der Waals surface area contributed by atoms with Gasteiger partial charge in [0.2, 0.25) is 0 Å². The molecular weight excluding hydrogens is 372 g/mol. The molecule has 1 heterocycles. The fraction of sp³-hybridized carbons (Fsp3) is 0.250. The van der Waals surface area contributed by atoms with Gasteiger partial charge in [-0.15, -0.1) is 5.10 Å². The summed E-state index contributed by atoms with van der Waals surface area (Å²) < 4.78 is 1.31. The molecule has 0 bridgehead atoms. The third-order valence-electron chi connectivity index (χ3n) is 4.54. The molecule has 9 nitrogen and oxygen atoms in total. The van der Waals surface area contributed by atoms with Gasteiger partial charge in [-0.1, -0.05) is 49.4 Å². The second kappa shape index (κ2) is 8.61. The number of nitrogens with two attached hydrogens (primary N) is 1. The Morgan fingerprint density at radius 1 is 1.21 bits per heavy atom. The first-order chi connectivity index (χ1) is 13.8. The van der Waals surface area contributed by atoms with Crippen LogP contribution in [0.3, 0.4) is 0 Å². The molecule has 0 aliphatic carbocycles. The lowest BCUT2D eigenvalue weighted by Gasteiger charge is -2.14. The van der Waals surface area contributed by atoms with Crippen molar-refractivity contribution in [1.82, 2.24) is 20.3 Å². The Morgan fingerprint density at radius 2 is 1.90 bits per heavy atom. The minimum atomic E-state index is -0.497. The molecule has 29 heavy (non-hydrogen) atoms. The summed E-state index contributed by atoms with van der Waals surface area (Å²) >= 11 is 0. The van der Waals surface area contributed by atoms with E-state index in [-0.39, 0.29) is 24.0 Å². The highest BCUT2D eigenvalue weighted by molar-refractivity contribution is 5.91. The molecule has 3 N–H and O–H groups in total. The first kappa shape index (κ1) is 20.2. The van der Waals surface area contributed by atoms with Gasteiger partial charge in [-0.05, 0) is 23.1 Å². The van der Waals surface area contributed by atoms with E-state index < -0.39 is 10.8 Å². The maximum atomic E-state index is 12.4. The Bertz CT molecular complexity index is 1010. The van der Waals surface area contributed by atoms with Gasteiger partial charge in [-0.2, -0.15) is 0 Å². The van der Waals surface area contributed by atoms with E-state index in [9.17, 15) is 14.9 Å². The number of nitro benzene ring substituents is 1. The molecule has 1 amide bonds. The summed E-state index contributed by atoms with van der Waals surface area (Å²) in [4.78, 5) is 22.8. The fourth-order valence-electron chi connectivity index (χ4n) is 2.78. The molecule has 1 unspecified atom stereocenters. The number of hydrogen-bond donors (Lipinski definition) is 2. The lowest BCUT2D eigenvalue weighted by atomic mass is 9.99. The topological polar surface area (TPSA) is 129 Å². The molecule has 0 aliphatic rings. The van der Waals surface area contributed by atoms with Crippen LogP contribution >= 0.6 is 0 Å². The molecule has 1 atom stereocenters. The predicted octanol–water partition coefficient (Wildman–Crippen LogP) is 2.73. The highest BCUT2D eigenvalue weighted by atomic mass is 16.6. The van der Waals surface area contributed by atoms with Crippen LogP contribution in [0, 0.1) is 10.1 Å². The summed E-state index contributed by atoms with van der Waals surface area (Å²) in [5.74, 6) is 0.0181. The van der Waals surface area contributed by atoms with Gasteiger partial charge in [0.25, 0.3) is 11.6 Å². The van der Waals surface area contributed by atoms with E-state index in [0.717, 1.165) is 5.56 Å². The highest BCUT2D eigenvalue weighted by Crippen LogP contribution is 2.18. The van der Waals surface area contributed by atoms with Gasteiger partial charge in [-0.3, -0.25) is 14.9 Å². The van der Waals surface area contributed by atoms with Crippen LogP contribution in [0.2, 0.25) is 0 Å². The number of non-ortho nitro benzene ring substituents is 1. The van der Waals surface area contributed by atoms with Crippen molar-refractivity contribution in [1.29, 1.82) is 0 Å². The number of benzene rings is 2. The monoisotopic (exact) mass is 394 g/mol. The first-order valence-electron chi connectivity index (χ1n) is 9.16. The average molecular weight is 394 g/mol. The number of nitrogens with zero attached hydrogens (tertiary/aromatic N) is 4. The Kier molecular flexibility index (Phi) is 5.99. The molecule has 0 spiro atoms. The van der Waals surface area contributed by atoms with Crippen molar-refractivity contribution >= 4 is 11.6 Å². The maximum absolute atomic E-state index is 12.4. The van der Waals surface area contributed by atoms with Gasteiger partial charge in [0.15, 0.2) is 5.69 Å². The number of carbonyl (C=O) groups excluding carboxylic acids is 1. The van der Waals surface area contributed by atoms with Crippen molar-refractivity contribution in [3.63, 3.8) is 0 Å². The third kappa shape index (κ3) is 4.82. The fourth-order valence-corrected chi connectivity index (χ4v) is 2.78. The quantitative estimate of drug-likeness (QED) is 0.468. The van der Waals surface area contributed by atoms with E-state index in [1.807, 2.05) is 24.3 Å². The Balaban J connectivity index is 1.63. The standard InChI is InChI=1S/C20H22N6O3/c1-13(2)14-6-8-15(9-7-14)18(21)11-22-20(27)19-12-25(24-23-19)16-4-3-5-17(10-16)26(28)29/h3-10,12-13,18H,11,21H2,1-2H3,(H,22,27). The van der Waals surface area contributed by atoms with E-state index in [0.29, 0.717) is 11.6 Å². The van der Waals surface area contributed by atoms with Crippen LogP contribution in [-0.4, -0.2) is 32.4 Å². The highest BCUT2D eigenvalue weighted by Gasteiger charge is 2.15. The van der Waals surface area contributed by atoms with Gasteiger partial charge in [0.1, 0.15) is 0 Å². The minimum Gasteiger partial charge on any atom is -0.349 e. The number of amides is 1.